The van der Waals surface area contributed by atoms with Gasteiger partial charge in [0, 0.05) is 18.3 Å². The van der Waals surface area contributed by atoms with Gasteiger partial charge in [-0.15, -0.1) is 0 Å². The molecule has 1 N–H and O–H groups in total. The molecule has 0 unspecified atom stereocenters. The van der Waals surface area contributed by atoms with Crippen LogP contribution < -0.4 is 4.74 Å². The van der Waals surface area contributed by atoms with Gasteiger partial charge in [0.2, 0.25) is 5.75 Å². The molecule has 0 aliphatic rings. The maximum atomic E-state index is 10.9. The number of nitriles is 1. The van der Waals surface area contributed by atoms with Crippen molar-refractivity contribution in [3.63, 3.8) is 0 Å². The Kier molecular flexibility index (Phi) is 3.76. The monoisotopic (exact) mass is 285 g/mol. The van der Waals surface area contributed by atoms with Gasteiger partial charge in [-0.05, 0) is 18.2 Å². The highest BCUT2D eigenvalue weighted by molar-refractivity contribution is 5.88. The van der Waals surface area contributed by atoms with E-state index in [4.69, 9.17) is 15.1 Å². The van der Waals surface area contributed by atoms with Crippen LogP contribution in [0.5, 0.6) is 11.5 Å². The lowest BCUT2D eigenvalue weighted by molar-refractivity contribution is -0.385. The fourth-order valence-electron chi connectivity index (χ4n) is 1.56. The van der Waals surface area contributed by atoms with Crippen LogP contribution in [0.15, 0.2) is 36.5 Å². The van der Waals surface area contributed by atoms with E-state index in [0.717, 1.165) is 18.2 Å². The third-order valence-electron chi connectivity index (χ3n) is 2.50. The van der Waals surface area contributed by atoms with Gasteiger partial charge in [0.1, 0.15) is 6.07 Å². The van der Waals surface area contributed by atoms with E-state index in [-0.39, 0.29) is 22.8 Å². The van der Waals surface area contributed by atoms with Crippen molar-refractivity contribution in [2.75, 3.05) is 0 Å². The lowest BCUT2D eigenvalue weighted by Crippen LogP contribution is -2.00. The average Bonchev–Trinajstić information content (AvgIpc) is 2.47. The van der Waals surface area contributed by atoms with Crippen molar-refractivity contribution in [1.82, 2.24) is 4.98 Å². The average molecular weight is 285 g/mol. The van der Waals surface area contributed by atoms with Crippen LogP contribution in [0.3, 0.4) is 0 Å². The lowest BCUT2D eigenvalue weighted by Gasteiger charge is -2.07. The van der Waals surface area contributed by atoms with Crippen molar-refractivity contribution >= 4 is 11.7 Å². The van der Waals surface area contributed by atoms with Gasteiger partial charge in [-0.25, -0.2) is 9.78 Å². The molecule has 0 radical (unpaired) electrons. The second-order valence-corrected chi connectivity index (χ2v) is 3.81. The van der Waals surface area contributed by atoms with Gasteiger partial charge < -0.3 is 9.84 Å². The molecule has 1 aromatic heterocycles. The normalized spacial score (nSPS) is 9.67. The molecule has 0 bridgehead atoms. The Morgan fingerprint density at radius 3 is 2.76 bits per heavy atom. The van der Waals surface area contributed by atoms with Gasteiger partial charge in [0.25, 0.3) is 0 Å². The highest BCUT2D eigenvalue weighted by atomic mass is 16.6. The van der Waals surface area contributed by atoms with Crippen molar-refractivity contribution in [2.45, 2.75) is 0 Å². The van der Waals surface area contributed by atoms with E-state index in [1.54, 1.807) is 6.07 Å². The summed E-state index contributed by atoms with van der Waals surface area (Å²) in [6.45, 7) is 0. The number of carbonyl (C=O) groups is 1. The van der Waals surface area contributed by atoms with Crippen molar-refractivity contribution < 1.29 is 19.6 Å². The fourth-order valence-corrected chi connectivity index (χ4v) is 1.56. The summed E-state index contributed by atoms with van der Waals surface area (Å²) in [4.78, 5) is 24.9. The summed E-state index contributed by atoms with van der Waals surface area (Å²) in [5.74, 6) is -1.52. The number of benzene rings is 1. The molecule has 0 spiro atoms. The highest BCUT2D eigenvalue weighted by Gasteiger charge is 2.19. The minimum absolute atomic E-state index is 0.00522. The Morgan fingerprint density at radius 1 is 1.38 bits per heavy atom. The number of nitro benzene ring substituents is 1. The molecule has 0 amide bonds. The maximum absolute atomic E-state index is 10.9. The smallest absolute Gasteiger partial charge is 0.335 e. The molecule has 0 saturated heterocycles. The molecular weight excluding hydrogens is 278 g/mol. The number of hydrogen-bond donors (Lipinski definition) is 1. The van der Waals surface area contributed by atoms with Crippen molar-refractivity contribution in [1.29, 1.82) is 5.26 Å². The van der Waals surface area contributed by atoms with E-state index >= 15 is 0 Å². The number of aromatic nitrogens is 1. The molecule has 21 heavy (non-hydrogen) atoms. The van der Waals surface area contributed by atoms with Crippen LogP contribution in [0.1, 0.15) is 16.1 Å². The number of hydrogen-bond acceptors (Lipinski definition) is 6. The quantitative estimate of drug-likeness (QED) is 0.674. The van der Waals surface area contributed by atoms with E-state index in [9.17, 15) is 14.9 Å². The topological polar surface area (TPSA) is 126 Å². The Bertz CT molecular complexity index is 767. The molecule has 8 heteroatoms. The molecule has 0 atom stereocenters. The van der Waals surface area contributed by atoms with E-state index in [1.807, 2.05) is 0 Å². The van der Waals surface area contributed by atoms with Gasteiger partial charge in [0.05, 0.1) is 10.5 Å². The summed E-state index contributed by atoms with van der Waals surface area (Å²) in [7, 11) is 0. The SMILES string of the molecule is N#Cc1ncccc1Oc1cc(C(=O)O)ccc1[N+](=O)[O-]. The van der Waals surface area contributed by atoms with Crippen LogP contribution >= 0.6 is 0 Å². The zero-order valence-corrected chi connectivity index (χ0v) is 10.4. The van der Waals surface area contributed by atoms with E-state index in [1.165, 1.54) is 18.3 Å². The van der Waals surface area contributed by atoms with Gasteiger partial charge in [-0.3, -0.25) is 10.1 Å². The molecule has 2 aromatic rings. The molecule has 104 valence electrons. The predicted octanol–water partition coefficient (Wildman–Crippen LogP) is 2.35. The van der Waals surface area contributed by atoms with Crippen molar-refractivity contribution in [3.05, 3.63) is 57.9 Å². The second kappa shape index (κ2) is 5.66. The van der Waals surface area contributed by atoms with E-state index in [0.29, 0.717) is 0 Å². The Morgan fingerprint density at radius 2 is 2.14 bits per heavy atom. The minimum Gasteiger partial charge on any atom is -0.478 e. The fraction of sp³-hybridized carbons (Fsp3) is 0. The van der Waals surface area contributed by atoms with E-state index < -0.39 is 16.6 Å². The zero-order valence-electron chi connectivity index (χ0n) is 10.4. The highest BCUT2D eigenvalue weighted by Crippen LogP contribution is 2.33. The number of carboxylic acid groups (broad SMARTS) is 1. The van der Waals surface area contributed by atoms with Crippen LogP contribution in [-0.4, -0.2) is 21.0 Å². The first kappa shape index (κ1) is 14.0. The van der Waals surface area contributed by atoms with Gasteiger partial charge >= 0.3 is 11.7 Å². The number of rotatable bonds is 4. The third-order valence-corrected chi connectivity index (χ3v) is 2.50. The van der Waals surface area contributed by atoms with Crippen LogP contribution in [0.4, 0.5) is 5.69 Å². The predicted molar refractivity (Wildman–Crippen MR) is 69.1 cm³/mol. The van der Waals surface area contributed by atoms with Crippen molar-refractivity contribution in [2.24, 2.45) is 0 Å². The molecule has 0 aliphatic heterocycles. The maximum Gasteiger partial charge on any atom is 0.335 e. The Labute approximate surface area is 118 Å². The Hall–Kier alpha value is -3.47. The molecule has 1 heterocycles. The molecule has 1 aromatic carbocycles. The summed E-state index contributed by atoms with van der Waals surface area (Å²) in [6.07, 6.45) is 1.37. The van der Waals surface area contributed by atoms with Gasteiger partial charge in [-0.2, -0.15) is 5.26 Å². The van der Waals surface area contributed by atoms with E-state index in [2.05, 4.69) is 4.98 Å². The summed E-state index contributed by atoms with van der Waals surface area (Å²) in [5.41, 5.74) is -0.640. The number of pyridine rings is 1. The van der Waals surface area contributed by atoms with Crippen LogP contribution in [0, 0.1) is 21.4 Å². The number of nitro groups is 1. The summed E-state index contributed by atoms with van der Waals surface area (Å²) in [5, 5.41) is 28.8. The largest absolute Gasteiger partial charge is 0.478 e. The molecular formula is C13H7N3O5. The Balaban J connectivity index is 2.51. The molecule has 0 aliphatic carbocycles. The van der Waals surface area contributed by atoms with Gasteiger partial charge in [0.15, 0.2) is 11.4 Å². The lowest BCUT2D eigenvalue weighted by atomic mass is 10.2. The molecule has 0 saturated carbocycles. The zero-order chi connectivity index (χ0) is 15.4. The summed E-state index contributed by atoms with van der Waals surface area (Å²) >= 11 is 0. The first-order valence-electron chi connectivity index (χ1n) is 5.57. The van der Waals surface area contributed by atoms with Gasteiger partial charge in [-0.1, -0.05) is 0 Å². The molecule has 2 rings (SSSR count). The summed E-state index contributed by atoms with van der Waals surface area (Å²) < 4.78 is 5.29. The number of ether oxygens (including phenoxy) is 1. The number of aromatic carboxylic acids is 1. The van der Waals surface area contributed by atoms with Crippen LogP contribution in [0.25, 0.3) is 0 Å². The number of carboxylic acids is 1. The first-order chi connectivity index (χ1) is 10.0. The molecule has 8 nitrogen and oxygen atoms in total. The first-order valence-corrected chi connectivity index (χ1v) is 5.57. The van der Waals surface area contributed by atoms with Crippen LogP contribution in [0.2, 0.25) is 0 Å². The van der Waals surface area contributed by atoms with Crippen LogP contribution in [-0.2, 0) is 0 Å². The second-order valence-electron chi connectivity index (χ2n) is 3.81. The minimum atomic E-state index is -1.25. The summed E-state index contributed by atoms with van der Waals surface area (Å²) in [6, 6.07) is 7.82. The third kappa shape index (κ3) is 2.93. The molecule has 0 fully saturated rings. The standard InChI is InChI=1S/C13H7N3O5/c14-7-9-11(2-1-5-15-9)21-12-6-8(13(17)18)3-4-10(12)16(19)20/h1-6H,(H,17,18). The number of nitrogens with zero attached hydrogens (tertiary/aromatic N) is 3. The van der Waals surface area contributed by atoms with Crippen molar-refractivity contribution in [3.8, 4) is 17.6 Å².